The highest BCUT2D eigenvalue weighted by molar-refractivity contribution is 5.75. The first kappa shape index (κ1) is 9.62. The van der Waals surface area contributed by atoms with E-state index in [1.165, 1.54) is 25.7 Å². The van der Waals surface area contributed by atoms with Gasteiger partial charge in [-0.05, 0) is 42.4 Å². The van der Waals surface area contributed by atoms with Crippen molar-refractivity contribution in [3.8, 4) is 0 Å². The average molecular weight is 168 g/mol. The van der Waals surface area contributed by atoms with E-state index in [4.69, 9.17) is 0 Å². The number of fused-ring (bicyclic) bond motifs is 2. The van der Waals surface area contributed by atoms with Crippen LogP contribution in [-0.4, -0.2) is 17.4 Å². The van der Waals surface area contributed by atoms with Crippen molar-refractivity contribution in [3.63, 3.8) is 0 Å². The second-order valence-electron chi connectivity index (χ2n) is 5.06. The van der Waals surface area contributed by atoms with Crippen LogP contribution in [0, 0.1) is 16.7 Å². The van der Waals surface area contributed by atoms with E-state index < -0.39 is 0 Å². The molecule has 1 heteroatoms. The Morgan fingerprint density at radius 3 is 1.55 bits per heavy atom. The summed E-state index contributed by atoms with van der Waals surface area (Å²) in [5.74, 6) is 1.05. The Balaban J connectivity index is 0.000000605. The van der Waals surface area contributed by atoms with E-state index in [0.717, 1.165) is 5.92 Å². The van der Waals surface area contributed by atoms with Gasteiger partial charge in [-0.15, -0.1) is 0 Å². The highest BCUT2D eigenvalue weighted by Crippen LogP contribution is 2.65. The van der Waals surface area contributed by atoms with Crippen LogP contribution in [-0.2, 0) is 0 Å². The quantitative estimate of drug-likeness (QED) is 0.486. The summed E-state index contributed by atoms with van der Waals surface area (Å²) in [5, 5.41) is 0. The van der Waals surface area contributed by atoms with Gasteiger partial charge in [0, 0.05) is 0 Å². The Morgan fingerprint density at radius 1 is 1.00 bits per heavy atom. The summed E-state index contributed by atoms with van der Waals surface area (Å²) < 4.78 is 0. The van der Waals surface area contributed by atoms with Crippen LogP contribution in [0.2, 0.25) is 0 Å². The molecule has 2 saturated carbocycles. The molecule has 2 fully saturated rings. The summed E-state index contributed by atoms with van der Waals surface area (Å²) in [7, 11) is 0. The Hall–Kier alpha value is 0.532. The zero-order valence-corrected chi connectivity index (χ0v) is 7.41. The van der Waals surface area contributed by atoms with Crippen molar-refractivity contribution < 1.29 is 0 Å². The van der Waals surface area contributed by atoms with E-state index in [9.17, 15) is 0 Å². The Kier molecular flexibility index (Phi) is 2.19. The zero-order chi connectivity index (χ0) is 7.41. The predicted molar refractivity (Wildman–Crippen MR) is 53.8 cm³/mol. The van der Waals surface area contributed by atoms with Crippen LogP contribution < -0.4 is 0 Å². The lowest BCUT2D eigenvalue weighted by Crippen LogP contribution is -2.26. The second kappa shape index (κ2) is 2.51. The highest BCUT2D eigenvalue weighted by Gasteiger charge is 2.55. The summed E-state index contributed by atoms with van der Waals surface area (Å²) in [6.07, 6.45) is 5.99. The number of rotatable bonds is 0. The maximum Gasteiger partial charge on any atom is 0.187 e. The molecule has 0 atom stereocenters. The fourth-order valence-electron chi connectivity index (χ4n) is 3.11. The van der Waals surface area contributed by atoms with Crippen molar-refractivity contribution in [1.82, 2.24) is 0 Å². The van der Waals surface area contributed by atoms with Crippen LogP contribution in [0.3, 0.4) is 0 Å². The average Bonchev–Trinajstić information content (AvgIpc) is 2.18. The zero-order valence-electron chi connectivity index (χ0n) is 7.41. The molecular weight excluding hydrogens is 147 g/mol. The molecule has 0 spiro atoms. The van der Waals surface area contributed by atoms with Crippen molar-refractivity contribution >= 4 is 17.4 Å². The molecule has 0 aromatic carbocycles. The fraction of sp³-hybridized carbons (Fsp3) is 1.00. The Labute approximate surface area is 80.9 Å². The van der Waals surface area contributed by atoms with E-state index in [-0.39, 0.29) is 17.4 Å². The van der Waals surface area contributed by atoms with Gasteiger partial charge in [0.05, 0.1) is 0 Å². The molecule has 0 saturated heterocycles. The van der Waals surface area contributed by atoms with E-state index >= 15 is 0 Å². The Bertz CT molecular complexity index is 150. The standard InChI is InChI=1S/C10H18.Al.3H/c1-9(2)8-4-6-10(9,3)7-5-8;;;;/h8H,4-7H2,1-3H3;;;;. The maximum absolute atomic E-state index is 2.49. The first-order chi connectivity index (χ1) is 4.56. The van der Waals surface area contributed by atoms with Crippen LogP contribution >= 0.6 is 0 Å². The van der Waals surface area contributed by atoms with E-state index in [1.54, 1.807) is 0 Å². The molecule has 64 valence electrons. The first-order valence-electron chi connectivity index (χ1n) is 4.56. The molecule has 0 radical (unpaired) electrons. The third-order valence-corrected chi connectivity index (χ3v) is 4.67. The van der Waals surface area contributed by atoms with Crippen LogP contribution in [0.5, 0.6) is 0 Å². The second-order valence-corrected chi connectivity index (χ2v) is 5.06. The van der Waals surface area contributed by atoms with Crippen molar-refractivity contribution in [1.29, 1.82) is 0 Å². The molecule has 0 nitrogen and oxygen atoms in total. The Morgan fingerprint density at radius 2 is 1.45 bits per heavy atom. The molecule has 2 aliphatic carbocycles. The van der Waals surface area contributed by atoms with Gasteiger partial charge in [0.1, 0.15) is 0 Å². The largest absolute Gasteiger partial charge is 0.187 e. The lowest BCUT2D eigenvalue weighted by Gasteiger charge is -2.34. The van der Waals surface area contributed by atoms with Gasteiger partial charge in [0.2, 0.25) is 0 Å². The van der Waals surface area contributed by atoms with Gasteiger partial charge in [-0.1, -0.05) is 20.8 Å². The van der Waals surface area contributed by atoms with Gasteiger partial charge in [0.15, 0.2) is 17.4 Å². The molecule has 0 aliphatic heterocycles. The molecule has 0 aromatic rings. The van der Waals surface area contributed by atoms with Gasteiger partial charge in [0.25, 0.3) is 0 Å². The van der Waals surface area contributed by atoms with Crippen LogP contribution in [0.1, 0.15) is 46.5 Å². The van der Waals surface area contributed by atoms with Gasteiger partial charge >= 0.3 is 0 Å². The van der Waals surface area contributed by atoms with Gasteiger partial charge in [-0.25, -0.2) is 0 Å². The highest BCUT2D eigenvalue weighted by atomic mass is 27.0. The molecule has 2 bridgehead atoms. The summed E-state index contributed by atoms with van der Waals surface area (Å²) in [6.45, 7) is 7.43. The van der Waals surface area contributed by atoms with Crippen molar-refractivity contribution in [2.24, 2.45) is 16.7 Å². The van der Waals surface area contributed by atoms with Gasteiger partial charge in [-0.2, -0.15) is 0 Å². The summed E-state index contributed by atoms with van der Waals surface area (Å²) in [4.78, 5) is 0. The third-order valence-electron chi connectivity index (χ3n) is 4.67. The van der Waals surface area contributed by atoms with Gasteiger partial charge in [-0.3, -0.25) is 0 Å². The topological polar surface area (TPSA) is 0 Å². The number of hydrogen-bond acceptors (Lipinski definition) is 0. The first-order valence-corrected chi connectivity index (χ1v) is 4.56. The van der Waals surface area contributed by atoms with E-state index in [2.05, 4.69) is 20.8 Å². The van der Waals surface area contributed by atoms with Crippen LogP contribution in [0.4, 0.5) is 0 Å². The molecule has 2 aliphatic rings. The smallest absolute Gasteiger partial charge is 0.0591 e. The van der Waals surface area contributed by atoms with E-state index in [0.29, 0.717) is 10.8 Å². The minimum absolute atomic E-state index is 0. The molecule has 0 unspecified atom stereocenters. The lowest BCUT2D eigenvalue weighted by molar-refractivity contribution is 0.152. The third kappa shape index (κ3) is 1.01. The van der Waals surface area contributed by atoms with Crippen LogP contribution in [0.15, 0.2) is 0 Å². The lowest BCUT2D eigenvalue weighted by atomic mass is 9.71. The monoisotopic (exact) mass is 168 g/mol. The molecule has 0 N–H and O–H groups in total. The molecule has 11 heavy (non-hydrogen) atoms. The van der Waals surface area contributed by atoms with Crippen LogP contribution in [0.25, 0.3) is 0 Å². The summed E-state index contributed by atoms with van der Waals surface area (Å²) in [5.41, 5.74) is 1.37. The van der Waals surface area contributed by atoms with E-state index in [1.807, 2.05) is 0 Å². The summed E-state index contributed by atoms with van der Waals surface area (Å²) in [6, 6.07) is 0. The predicted octanol–water partition coefficient (Wildman–Crippen LogP) is 2.04. The molecule has 0 aromatic heterocycles. The van der Waals surface area contributed by atoms with Crippen molar-refractivity contribution in [2.75, 3.05) is 0 Å². The normalized spacial score (nSPS) is 45.5. The molecule has 0 amide bonds. The minimum Gasteiger partial charge on any atom is -0.0591 e. The molecule has 2 rings (SSSR count). The summed E-state index contributed by atoms with van der Waals surface area (Å²) >= 11 is 0. The van der Waals surface area contributed by atoms with Gasteiger partial charge < -0.3 is 0 Å². The fourth-order valence-corrected chi connectivity index (χ4v) is 3.11. The SMILES string of the molecule is CC12CCC(CC1)C2(C)C.[AlH3]. The van der Waals surface area contributed by atoms with Crippen molar-refractivity contribution in [2.45, 2.75) is 46.5 Å². The molecule has 0 heterocycles. The minimum atomic E-state index is 0. The molecular formula is C10H21Al. The number of hydrogen-bond donors (Lipinski definition) is 0. The van der Waals surface area contributed by atoms with Crippen molar-refractivity contribution in [3.05, 3.63) is 0 Å². The maximum atomic E-state index is 2.49.